The lowest BCUT2D eigenvalue weighted by Crippen LogP contribution is -2.41. The smallest absolute Gasteiger partial charge is 0.221 e. The van der Waals surface area contributed by atoms with Gasteiger partial charge in [0, 0.05) is 6.42 Å². The van der Waals surface area contributed by atoms with Gasteiger partial charge in [0.25, 0.3) is 0 Å². The normalized spacial score (nSPS) is 28.9. The summed E-state index contributed by atoms with van der Waals surface area (Å²) in [6, 6.07) is 0. The second kappa shape index (κ2) is 3.03. The van der Waals surface area contributed by atoms with E-state index in [1.54, 1.807) is 13.8 Å². The van der Waals surface area contributed by atoms with E-state index < -0.39 is 11.7 Å². The fourth-order valence-electron chi connectivity index (χ4n) is 1.87. The van der Waals surface area contributed by atoms with Crippen molar-refractivity contribution in [2.24, 2.45) is 0 Å². The van der Waals surface area contributed by atoms with Crippen molar-refractivity contribution in [3.8, 4) is 0 Å². The molecule has 1 aliphatic carbocycles. The molecule has 0 aromatic carbocycles. The van der Waals surface area contributed by atoms with Gasteiger partial charge in [0.2, 0.25) is 5.78 Å². The molecule has 4 nitrogen and oxygen atoms in total. The van der Waals surface area contributed by atoms with Crippen molar-refractivity contribution in [2.75, 3.05) is 0 Å². The molecule has 0 aromatic heterocycles. The first-order valence-electron chi connectivity index (χ1n) is 4.79. The summed E-state index contributed by atoms with van der Waals surface area (Å²) in [6.07, 6.45) is 1.75. The zero-order valence-corrected chi connectivity index (χ0v) is 8.61. The fraction of sp³-hybridized carbons (Fsp3) is 0.455. The van der Waals surface area contributed by atoms with Gasteiger partial charge >= 0.3 is 0 Å². The molecule has 1 aliphatic heterocycles. The number of aliphatic hydroxyl groups is 1. The lowest BCUT2D eigenvalue weighted by atomic mass is 9.86. The predicted octanol–water partition coefficient (Wildman–Crippen LogP) is 0.508. The number of ether oxygens (including phenoxy) is 1. The monoisotopic (exact) mass is 208 g/mol. The van der Waals surface area contributed by atoms with Gasteiger partial charge in [-0.2, -0.15) is 0 Å². The van der Waals surface area contributed by atoms with Gasteiger partial charge in [-0.15, -0.1) is 0 Å². The van der Waals surface area contributed by atoms with E-state index in [-0.39, 0.29) is 22.9 Å². The highest BCUT2D eigenvalue weighted by Crippen LogP contribution is 2.34. The van der Waals surface area contributed by atoms with Crippen LogP contribution in [0.1, 0.15) is 20.3 Å². The van der Waals surface area contributed by atoms with Crippen LogP contribution in [0, 0.1) is 0 Å². The maximum Gasteiger partial charge on any atom is 0.221 e. The molecule has 0 saturated heterocycles. The van der Waals surface area contributed by atoms with Gasteiger partial charge in [-0.25, -0.2) is 0 Å². The van der Waals surface area contributed by atoms with Gasteiger partial charge < -0.3 is 9.84 Å². The summed E-state index contributed by atoms with van der Waals surface area (Å²) < 4.78 is 5.43. The Kier molecular flexibility index (Phi) is 2.04. The maximum atomic E-state index is 11.5. The minimum Gasteiger partial charge on any atom is -0.483 e. The van der Waals surface area contributed by atoms with E-state index >= 15 is 0 Å². The summed E-state index contributed by atoms with van der Waals surface area (Å²) in [4.78, 5) is 22.9. The number of carbonyl (C=O) groups excluding carboxylic acids is 2. The number of ketones is 2. The van der Waals surface area contributed by atoms with Crippen molar-refractivity contribution in [2.45, 2.75) is 32.0 Å². The average Bonchev–Trinajstić information content (AvgIpc) is 2.09. The van der Waals surface area contributed by atoms with Gasteiger partial charge in [0.05, 0.1) is 11.7 Å². The molecule has 1 heterocycles. The number of aliphatic hydroxyl groups excluding tert-OH is 1. The van der Waals surface area contributed by atoms with Gasteiger partial charge in [0.15, 0.2) is 11.5 Å². The third-order valence-corrected chi connectivity index (χ3v) is 2.52. The molecule has 0 amide bonds. The molecule has 0 spiro atoms. The van der Waals surface area contributed by atoms with E-state index in [1.165, 1.54) is 12.2 Å². The average molecular weight is 208 g/mol. The highest BCUT2D eigenvalue weighted by atomic mass is 16.5. The molecule has 0 unspecified atom stereocenters. The summed E-state index contributed by atoms with van der Waals surface area (Å²) in [5.41, 5.74) is -0.513. The van der Waals surface area contributed by atoms with E-state index in [9.17, 15) is 14.7 Å². The topological polar surface area (TPSA) is 63.6 Å². The molecule has 0 saturated carbocycles. The Morgan fingerprint density at radius 3 is 2.60 bits per heavy atom. The second-order valence-corrected chi connectivity index (χ2v) is 4.39. The molecule has 0 bridgehead atoms. The van der Waals surface area contributed by atoms with Gasteiger partial charge in [-0.05, 0) is 26.0 Å². The van der Waals surface area contributed by atoms with E-state index in [4.69, 9.17) is 4.74 Å². The van der Waals surface area contributed by atoms with Crippen LogP contribution in [-0.2, 0) is 14.3 Å². The molecule has 80 valence electrons. The largest absolute Gasteiger partial charge is 0.483 e. The Balaban J connectivity index is 2.48. The molecule has 0 fully saturated rings. The molecular weight excluding hydrogens is 196 g/mol. The van der Waals surface area contributed by atoms with Crippen LogP contribution in [0.4, 0.5) is 0 Å². The Morgan fingerprint density at radius 1 is 1.33 bits per heavy atom. The summed E-state index contributed by atoms with van der Waals surface area (Å²) in [7, 11) is 0. The van der Waals surface area contributed by atoms with Crippen LogP contribution in [0.15, 0.2) is 23.5 Å². The molecule has 4 heteroatoms. The molecule has 1 atom stereocenters. The minimum atomic E-state index is -0.912. The highest BCUT2D eigenvalue weighted by molar-refractivity contribution is 6.19. The van der Waals surface area contributed by atoms with Crippen LogP contribution in [-0.4, -0.2) is 28.4 Å². The van der Waals surface area contributed by atoms with Crippen molar-refractivity contribution < 1.29 is 19.4 Å². The summed E-state index contributed by atoms with van der Waals surface area (Å²) in [5.74, 6) is -0.685. The zero-order valence-electron chi connectivity index (χ0n) is 8.61. The lowest BCUT2D eigenvalue weighted by molar-refractivity contribution is -0.125. The third kappa shape index (κ3) is 1.61. The molecule has 0 radical (unpaired) electrons. The van der Waals surface area contributed by atoms with Crippen LogP contribution in [0.5, 0.6) is 0 Å². The standard InChI is InChI=1S/C11H12O4/c1-11(2)5-8(14)9-6(12)3-4-7(13)10(9)15-11/h3-4,8,14H,5H2,1-2H3/t8-/m1/s1. The van der Waals surface area contributed by atoms with Gasteiger partial charge in [-0.1, -0.05) is 0 Å². The molecule has 2 rings (SSSR count). The second-order valence-electron chi connectivity index (χ2n) is 4.39. The van der Waals surface area contributed by atoms with Crippen LogP contribution >= 0.6 is 0 Å². The quantitative estimate of drug-likeness (QED) is 0.589. The third-order valence-electron chi connectivity index (χ3n) is 2.52. The van der Waals surface area contributed by atoms with E-state index in [2.05, 4.69) is 0 Å². The number of hydrogen-bond acceptors (Lipinski definition) is 4. The van der Waals surface area contributed by atoms with Crippen LogP contribution in [0.2, 0.25) is 0 Å². The minimum absolute atomic E-state index is 0.00579. The van der Waals surface area contributed by atoms with Crippen LogP contribution in [0.3, 0.4) is 0 Å². The van der Waals surface area contributed by atoms with Crippen LogP contribution < -0.4 is 0 Å². The Morgan fingerprint density at radius 2 is 1.93 bits per heavy atom. The van der Waals surface area contributed by atoms with Crippen LogP contribution in [0.25, 0.3) is 0 Å². The molecule has 15 heavy (non-hydrogen) atoms. The number of allylic oxidation sites excluding steroid dienone is 2. The predicted molar refractivity (Wildman–Crippen MR) is 52.0 cm³/mol. The van der Waals surface area contributed by atoms with Gasteiger partial charge in [-0.3, -0.25) is 9.59 Å². The lowest BCUT2D eigenvalue weighted by Gasteiger charge is -2.36. The first kappa shape index (κ1) is 10.1. The van der Waals surface area contributed by atoms with Gasteiger partial charge in [0.1, 0.15) is 5.60 Å². The fourth-order valence-corrected chi connectivity index (χ4v) is 1.87. The first-order valence-corrected chi connectivity index (χ1v) is 4.79. The van der Waals surface area contributed by atoms with Crippen molar-refractivity contribution in [1.82, 2.24) is 0 Å². The number of rotatable bonds is 0. The zero-order chi connectivity index (χ0) is 11.2. The Labute approximate surface area is 87.2 Å². The van der Waals surface area contributed by atoms with Crippen molar-refractivity contribution in [1.29, 1.82) is 0 Å². The Bertz CT molecular complexity index is 401. The van der Waals surface area contributed by atoms with Crippen molar-refractivity contribution in [3.63, 3.8) is 0 Å². The molecule has 0 aromatic rings. The van der Waals surface area contributed by atoms with E-state index in [0.29, 0.717) is 6.42 Å². The van der Waals surface area contributed by atoms with E-state index in [1.807, 2.05) is 0 Å². The first-order chi connectivity index (χ1) is 6.91. The number of hydrogen-bond donors (Lipinski definition) is 1. The molecular formula is C11H12O4. The Hall–Kier alpha value is -1.42. The highest BCUT2D eigenvalue weighted by Gasteiger charge is 2.40. The SMILES string of the molecule is CC1(C)C[C@@H](O)C2=C(O1)C(=O)C=CC2=O. The van der Waals surface area contributed by atoms with Crippen molar-refractivity contribution >= 4 is 11.6 Å². The molecule has 2 aliphatic rings. The summed E-state index contributed by atoms with van der Waals surface area (Å²) in [5, 5.41) is 9.78. The summed E-state index contributed by atoms with van der Waals surface area (Å²) >= 11 is 0. The van der Waals surface area contributed by atoms with E-state index in [0.717, 1.165) is 0 Å². The number of carbonyl (C=O) groups is 2. The molecule has 1 N–H and O–H groups in total. The van der Waals surface area contributed by atoms with Crippen molar-refractivity contribution in [3.05, 3.63) is 23.5 Å². The summed E-state index contributed by atoms with van der Waals surface area (Å²) in [6.45, 7) is 3.55. The maximum absolute atomic E-state index is 11.5.